The number of rotatable bonds is 2. The second-order valence-corrected chi connectivity index (χ2v) is 4.19. The van der Waals surface area contributed by atoms with Crippen LogP contribution < -0.4 is 5.73 Å². The van der Waals surface area contributed by atoms with Gasteiger partial charge in [-0.2, -0.15) is 0 Å². The molecule has 72 valence electrons. The molecule has 0 saturated carbocycles. The second-order valence-electron chi connectivity index (χ2n) is 4.19. The van der Waals surface area contributed by atoms with E-state index in [1.165, 1.54) is 6.54 Å². The Morgan fingerprint density at radius 3 is 2.58 bits per heavy atom. The smallest absolute Gasteiger partial charge is 0.0317 e. The van der Waals surface area contributed by atoms with E-state index in [1.807, 2.05) is 0 Å². The molecule has 1 fully saturated rings. The minimum atomic E-state index is 0.293. The molecule has 1 saturated heterocycles. The summed E-state index contributed by atoms with van der Waals surface area (Å²) >= 11 is 0. The van der Waals surface area contributed by atoms with Crippen LogP contribution in [0, 0.1) is 0 Å². The molecule has 1 atom stereocenters. The van der Waals surface area contributed by atoms with E-state index >= 15 is 0 Å². The molecule has 1 heterocycles. The lowest BCUT2D eigenvalue weighted by Crippen LogP contribution is -2.58. The zero-order valence-corrected chi connectivity index (χ0v) is 8.51. The molecule has 1 aliphatic heterocycles. The molecule has 3 nitrogen and oxygen atoms in total. The summed E-state index contributed by atoms with van der Waals surface area (Å²) in [5.41, 5.74) is 5.90. The van der Waals surface area contributed by atoms with Gasteiger partial charge in [-0.1, -0.05) is 0 Å². The second kappa shape index (κ2) is 3.73. The molecule has 0 aromatic heterocycles. The predicted molar refractivity (Wildman–Crippen MR) is 52.2 cm³/mol. The fourth-order valence-electron chi connectivity index (χ4n) is 1.95. The van der Waals surface area contributed by atoms with Gasteiger partial charge in [-0.25, -0.2) is 0 Å². The maximum atomic E-state index is 5.61. The molecule has 12 heavy (non-hydrogen) atoms. The number of nitrogens with zero attached hydrogens (tertiary/aromatic N) is 2. The normalized spacial score (nSPS) is 34.0. The van der Waals surface area contributed by atoms with Crippen molar-refractivity contribution in [3.8, 4) is 0 Å². The first-order chi connectivity index (χ1) is 5.58. The average Bonchev–Trinajstić information content (AvgIpc) is 1.98. The molecule has 0 spiro atoms. The highest BCUT2D eigenvalue weighted by Crippen LogP contribution is 2.21. The van der Waals surface area contributed by atoms with Crippen molar-refractivity contribution in [3.05, 3.63) is 0 Å². The van der Waals surface area contributed by atoms with Crippen LogP contribution in [0.4, 0.5) is 0 Å². The fourth-order valence-corrected chi connectivity index (χ4v) is 1.95. The summed E-state index contributed by atoms with van der Waals surface area (Å²) in [5.74, 6) is 0. The third kappa shape index (κ3) is 1.97. The Balaban J connectivity index is 2.57. The Morgan fingerprint density at radius 2 is 2.00 bits per heavy atom. The van der Waals surface area contributed by atoms with E-state index in [0.29, 0.717) is 5.54 Å². The fraction of sp³-hybridized carbons (Fsp3) is 1.00. The summed E-state index contributed by atoms with van der Waals surface area (Å²) in [6, 6.07) is 0. The third-order valence-electron chi connectivity index (χ3n) is 3.03. The monoisotopic (exact) mass is 171 g/mol. The maximum absolute atomic E-state index is 5.61. The summed E-state index contributed by atoms with van der Waals surface area (Å²) in [6.07, 6.45) is 1.09. The first-order valence-corrected chi connectivity index (χ1v) is 4.68. The molecule has 1 rings (SSSR count). The van der Waals surface area contributed by atoms with Crippen LogP contribution in [0.3, 0.4) is 0 Å². The Morgan fingerprint density at radius 1 is 1.33 bits per heavy atom. The summed E-state index contributed by atoms with van der Waals surface area (Å²) in [6.45, 7) is 6.56. The molecule has 0 aromatic carbocycles. The van der Waals surface area contributed by atoms with Crippen LogP contribution in [0.1, 0.15) is 13.3 Å². The summed E-state index contributed by atoms with van der Waals surface area (Å²) in [4.78, 5) is 4.82. The average molecular weight is 171 g/mol. The molecule has 0 amide bonds. The van der Waals surface area contributed by atoms with Crippen molar-refractivity contribution >= 4 is 0 Å². The maximum Gasteiger partial charge on any atom is 0.0317 e. The molecule has 0 aromatic rings. The third-order valence-corrected chi connectivity index (χ3v) is 3.03. The van der Waals surface area contributed by atoms with E-state index in [0.717, 1.165) is 26.1 Å². The van der Waals surface area contributed by atoms with E-state index in [1.54, 1.807) is 0 Å². The van der Waals surface area contributed by atoms with Crippen LogP contribution in [0.5, 0.6) is 0 Å². The van der Waals surface area contributed by atoms with Crippen LogP contribution in [-0.4, -0.2) is 55.6 Å². The first kappa shape index (κ1) is 9.96. The zero-order valence-electron chi connectivity index (χ0n) is 8.51. The Bertz CT molecular complexity index is 149. The first-order valence-electron chi connectivity index (χ1n) is 4.68. The van der Waals surface area contributed by atoms with Gasteiger partial charge in [0.05, 0.1) is 0 Å². The molecule has 0 bridgehead atoms. The quantitative estimate of drug-likeness (QED) is 0.633. The lowest BCUT2D eigenvalue weighted by Gasteiger charge is -2.46. The minimum Gasteiger partial charge on any atom is -0.330 e. The van der Waals surface area contributed by atoms with E-state index in [9.17, 15) is 0 Å². The Kier molecular flexibility index (Phi) is 3.09. The van der Waals surface area contributed by atoms with E-state index in [2.05, 4.69) is 30.8 Å². The van der Waals surface area contributed by atoms with Gasteiger partial charge < -0.3 is 10.6 Å². The van der Waals surface area contributed by atoms with E-state index < -0.39 is 0 Å². The summed E-state index contributed by atoms with van der Waals surface area (Å²) < 4.78 is 0. The molecular formula is C9H21N3. The van der Waals surface area contributed by atoms with E-state index in [-0.39, 0.29) is 0 Å². The number of piperazine rings is 1. The molecule has 2 N–H and O–H groups in total. The number of hydrogen-bond donors (Lipinski definition) is 1. The van der Waals surface area contributed by atoms with Gasteiger partial charge in [0.1, 0.15) is 0 Å². The molecule has 3 heteroatoms. The van der Waals surface area contributed by atoms with Crippen molar-refractivity contribution in [2.45, 2.75) is 18.9 Å². The summed E-state index contributed by atoms with van der Waals surface area (Å²) in [7, 11) is 4.38. The zero-order chi connectivity index (χ0) is 9.19. The van der Waals surface area contributed by atoms with Crippen molar-refractivity contribution in [1.82, 2.24) is 9.80 Å². The number of nitrogens with two attached hydrogens (primary N) is 1. The minimum absolute atomic E-state index is 0.293. The van der Waals surface area contributed by atoms with Gasteiger partial charge >= 0.3 is 0 Å². The van der Waals surface area contributed by atoms with Crippen molar-refractivity contribution in [3.63, 3.8) is 0 Å². The molecule has 1 unspecified atom stereocenters. The molecule has 1 aliphatic rings. The van der Waals surface area contributed by atoms with Crippen molar-refractivity contribution in [2.75, 3.05) is 40.3 Å². The van der Waals surface area contributed by atoms with Gasteiger partial charge in [0.15, 0.2) is 0 Å². The van der Waals surface area contributed by atoms with E-state index in [4.69, 9.17) is 5.73 Å². The van der Waals surface area contributed by atoms with Crippen LogP contribution in [0.25, 0.3) is 0 Å². The largest absolute Gasteiger partial charge is 0.330 e. The topological polar surface area (TPSA) is 32.5 Å². The Labute approximate surface area is 75.5 Å². The molecular weight excluding hydrogens is 150 g/mol. The van der Waals surface area contributed by atoms with Gasteiger partial charge in [-0.15, -0.1) is 0 Å². The van der Waals surface area contributed by atoms with Gasteiger partial charge in [-0.3, -0.25) is 4.90 Å². The van der Waals surface area contributed by atoms with Gasteiger partial charge in [0, 0.05) is 25.2 Å². The number of likely N-dealkylation sites (N-methyl/N-ethyl adjacent to an activating group) is 2. The highest BCUT2D eigenvalue weighted by Gasteiger charge is 2.32. The van der Waals surface area contributed by atoms with Crippen LogP contribution in [-0.2, 0) is 0 Å². The SMILES string of the molecule is CN1CCN(C)C(C)(CCN)C1. The van der Waals surface area contributed by atoms with Crippen LogP contribution in [0.2, 0.25) is 0 Å². The van der Waals surface area contributed by atoms with Crippen molar-refractivity contribution in [2.24, 2.45) is 5.73 Å². The lowest BCUT2D eigenvalue weighted by atomic mass is 9.93. The predicted octanol–water partition coefficient (Wildman–Crippen LogP) is -0.0289. The van der Waals surface area contributed by atoms with Crippen molar-refractivity contribution in [1.29, 1.82) is 0 Å². The van der Waals surface area contributed by atoms with Crippen LogP contribution in [0.15, 0.2) is 0 Å². The van der Waals surface area contributed by atoms with Crippen LogP contribution >= 0.6 is 0 Å². The lowest BCUT2D eigenvalue weighted by molar-refractivity contribution is 0.0360. The summed E-state index contributed by atoms with van der Waals surface area (Å²) in [5, 5.41) is 0. The van der Waals surface area contributed by atoms with Gasteiger partial charge in [-0.05, 0) is 34.0 Å². The van der Waals surface area contributed by atoms with Crippen molar-refractivity contribution < 1.29 is 0 Å². The molecule has 0 radical (unpaired) electrons. The standard InChI is InChI=1S/C9H21N3/c1-9(4-5-10)8-11(2)6-7-12(9)3/h4-8,10H2,1-3H3. The van der Waals surface area contributed by atoms with Gasteiger partial charge in [0.2, 0.25) is 0 Å². The van der Waals surface area contributed by atoms with Gasteiger partial charge in [0.25, 0.3) is 0 Å². The number of hydrogen-bond acceptors (Lipinski definition) is 3. The highest BCUT2D eigenvalue weighted by atomic mass is 15.3. The highest BCUT2D eigenvalue weighted by molar-refractivity contribution is 4.91. The molecule has 0 aliphatic carbocycles. The Hall–Kier alpha value is -0.120.